The Morgan fingerprint density at radius 3 is 1.23 bits per heavy atom. The molecule has 0 radical (unpaired) electrons. The van der Waals surface area contributed by atoms with Crippen LogP contribution in [0.25, 0.3) is 0 Å². The summed E-state index contributed by atoms with van der Waals surface area (Å²) in [6.07, 6.45) is 0.667. The molecule has 0 saturated heterocycles. The zero-order valence-electron chi connectivity index (χ0n) is 8.75. The average molecular weight is 180 g/mol. The molecule has 0 aliphatic carbocycles. The van der Waals surface area contributed by atoms with Gasteiger partial charge in [-0.15, -0.1) is 0 Å². The van der Waals surface area contributed by atoms with Gasteiger partial charge in [-0.2, -0.15) is 0 Å². The van der Waals surface area contributed by atoms with Crippen molar-refractivity contribution in [2.24, 2.45) is 5.73 Å². The third-order valence-electron chi connectivity index (χ3n) is 1.05. The topological polar surface area (TPSA) is 49.9 Å². The first-order chi connectivity index (χ1) is 6.27. The van der Waals surface area contributed by atoms with E-state index in [1.807, 2.05) is 57.2 Å². The molecule has 13 heavy (non-hydrogen) atoms. The fraction of sp³-hybridized carbons (Fsp3) is 0.364. The molecule has 0 heterocycles. The third-order valence-corrected chi connectivity index (χ3v) is 1.05. The fourth-order valence-electron chi connectivity index (χ4n) is 0.385. The van der Waals surface area contributed by atoms with Crippen molar-refractivity contribution in [1.82, 2.24) is 0 Å². The molecule has 0 unspecified atom stereocenters. The van der Waals surface area contributed by atoms with Crippen molar-refractivity contribution in [3.05, 3.63) is 36.4 Å². The molecule has 0 atom stereocenters. The Labute approximate surface area is 81.3 Å². The lowest BCUT2D eigenvalue weighted by atomic mass is 10.4. The van der Waals surface area contributed by atoms with Crippen LogP contribution in [-0.4, -0.2) is 5.84 Å². The monoisotopic (exact) mass is 180 g/mol. The van der Waals surface area contributed by atoms with Gasteiger partial charge in [0.2, 0.25) is 0 Å². The molecule has 0 aliphatic heterocycles. The minimum absolute atomic E-state index is 0.255. The van der Waals surface area contributed by atoms with E-state index in [2.05, 4.69) is 0 Å². The van der Waals surface area contributed by atoms with Gasteiger partial charge in [-0.3, -0.25) is 5.41 Å². The molecule has 0 fully saturated rings. The van der Waals surface area contributed by atoms with Gasteiger partial charge in [0.25, 0.3) is 0 Å². The van der Waals surface area contributed by atoms with Crippen LogP contribution in [0.5, 0.6) is 0 Å². The standard InChI is InChI=1S/C6H6.C3H8N2.C2H6/c1-2-4-6-5-3-1;1-2-3(4)5;1-2/h1-6H;2H2,1H3,(H3,4,5);1-2H3. The summed E-state index contributed by atoms with van der Waals surface area (Å²) < 4.78 is 0. The van der Waals surface area contributed by atoms with Gasteiger partial charge in [-0.25, -0.2) is 0 Å². The number of rotatable bonds is 1. The Bertz CT molecular complexity index is 156. The normalized spacial score (nSPS) is 7.00. The molecule has 1 aromatic rings. The van der Waals surface area contributed by atoms with E-state index in [-0.39, 0.29) is 5.84 Å². The van der Waals surface area contributed by atoms with E-state index in [4.69, 9.17) is 11.1 Å². The fourth-order valence-corrected chi connectivity index (χ4v) is 0.385. The van der Waals surface area contributed by atoms with Gasteiger partial charge in [0.05, 0.1) is 5.84 Å². The quantitative estimate of drug-likeness (QED) is 0.506. The zero-order chi connectivity index (χ0) is 10.5. The van der Waals surface area contributed by atoms with Crippen molar-refractivity contribution in [2.45, 2.75) is 27.2 Å². The van der Waals surface area contributed by atoms with Gasteiger partial charge in [0.1, 0.15) is 0 Å². The Hall–Kier alpha value is -1.31. The summed E-state index contributed by atoms with van der Waals surface area (Å²) in [4.78, 5) is 0. The number of nitrogens with one attached hydrogen (secondary N) is 1. The Balaban J connectivity index is 0. The lowest BCUT2D eigenvalue weighted by molar-refractivity contribution is 1.21. The average Bonchev–Trinajstić information content (AvgIpc) is 2.24. The summed E-state index contributed by atoms with van der Waals surface area (Å²) in [5, 5.41) is 6.52. The van der Waals surface area contributed by atoms with Crippen molar-refractivity contribution in [3.8, 4) is 0 Å². The van der Waals surface area contributed by atoms with Gasteiger partial charge in [-0.1, -0.05) is 57.2 Å². The van der Waals surface area contributed by atoms with Crippen LogP contribution in [0, 0.1) is 5.41 Å². The summed E-state index contributed by atoms with van der Waals surface area (Å²) in [7, 11) is 0. The third kappa shape index (κ3) is 18.0. The maximum Gasteiger partial charge on any atom is 0.0902 e. The van der Waals surface area contributed by atoms with Gasteiger partial charge >= 0.3 is 0 Å². The van der Waals surface area contributed by atoms with Crippen molar-refractivity contribution in [1.29, 1.82) is 5.41 Å². The summed E-state index contributed by atoms with van der Waals surface area (Å²) in [5.74, 6) is 0.255. The smallest absolute Gasteiger partial charge is 0.0902 e. The van der Waals surface area contributed by atoms with Gasteiger partial charge in [0, 0.05) is 6.42 Å². The largest absolute Gasteiger partial charge is 0.388 e. The molecule has 0 spiro atoms. The summed E-state index contributed by atoms with van der Waals surface area (Å²) in [6.45, 7) is 5.85. The molecule has 0 aliphatic rings. The Kier molecular flexibility index (Phi) is 14.5. The molecule has 2 nitrogen and oxygen atoms in total. The molecular formula is C11H20N2. The number of hydrogen-bond acceptors (Lipinski definition) is 1. The van der Waals surface area contributed by atoms with Crippen molar-refractivity contribution in [2.75, 3.05) is 0 Å². The molecule has 2 heteroatoms. The van der Waals surface area contributed by atoms with Gasteiger partial charge in [0.15, 0.2) is 0 Å². The number of hydrogen-bond donors (Lipinski definition) is 2. The van der Waals surface area contributed by atoms with E-state index in [9.17, 15) is 0 Å². The molecule has 0 saturated carbocycles. The number of benzene rings is 1. The van der Waals surface area contributed by atoms with Crippen LogP contribution in [0.3, 0.4) is 0 Å². The molecule has 3 N–H and O–H groups in total. The first kappa shape index (κ1) is 14.2. The van der Waals surface area contributed by atoms with Gasteiger partial charge < -0.3 is 5.73 Å². The maximum atomic E-state index is 6.52. The maximum absolute atomic E-state index is 6.52. The molecule has 1 rings (SSSR count). The Morgan fingerprint density at radius 2 is 1.15 bits per heavy atom. The second-order valence-corrected chi connectivity index (χ2v) is 2.03. The minimum atomic E-state index is 0.255. The van der Waals surface area contributed by atoms with Crippen molar-refractivity contribution >= 4 is 5.84 Å². The highest BCUT2D eigenvalue weighted by molar-refractivity contribution is 5.76. The minimum Gasteiger partial charge on any atom is -0.388 e. The first-order valence-electron chi connectivity index (χ1n) is 4.60. The summed E-state index contributed by atoms with van der Waals surface area (Å²) >= 11 is 0. The van der Waals surface area contributed by atoms with E-state index in [1.54, 1.807) is 0 Å². The second-order valence-electron chi connectivity index (χ2n) is 2.03. The number of amidine groups is 1. The van der Waals surface area contributed by atoms with Crippen LogP contribution in [0.15, 0.2) is 36.4 Å². The van der Waals surface area contributed by atoms with Gasteiger partial charge in [-0.05, 0) is 0 Å². The zero-order valence-corrected chi connectivity index (χ0v) is 8.75. The highest BCUT2D eigenvalue weighted by Crippen LogP contribution is 1.79. The molecule has 74 valence electrons. The van der Waals surface area contributed by atoms with Crippen LogP contribution in [-0.2, 0) is 0 Å². The first-order valence-corrected chi connectivity index (χ1v) is 4.60. The van der Waals surface area contributed by atoms with Crippen molar-refractivity contribution in [3.63, 3.8) is 0 Å². The Morgan fingerprint density at radius 1 is 1.00 bits per heavy atom. The van der Waals surface area contributed by atoms with Crippen LogP contribution >= 0.6 is 0 Å². The van der Waals surface area contributed by atoms with E-state index < -0.39 is 0 Å². The van der Waals surface area contributed by atoms with Crippen LogP contribution in [0.1, 0.15) is 27.2 Å². The molecule has 0 aromatic heterocycles. The second kappa shape index (κ2) is 13.3. The highest BCUT2D eigenvalue weighted by atomic mass is 14.7. The van der Waals surface area contributed by atoms with E-state index in [0.29, 0.717) is 6.42 Å². The highest BCUT2D eigenvalue weighted by Gasteiger charge is 1.70. The van der Waals surface area contributed by atoms with Crippen LogP contribution < -0.4 is 5.73 Å². The van der Waals surface area contributed by atoms with E-state index >= 15 is 0 Å². The summed E-state index contributed by atoms with van der Waals surface area (Å²) in [5.41, 5.74) is 4.88. The van der Waals surface area contributed by atoms with Crippen LogP contribution in [0.2, 0.25) is 0 Å². The lowest BCUT2D eigenvalue weighted by Gasteiger charge is -1.79. The summed E-state index contributed by atoms with van der Waals surface area (Å²) in [6, 6.07) is 12.0. The molecule has 0 amide bonds. The predicted molar refractivity (Wildman–Crippen MR) is 60.0 cm³/mol. The molecule has 0 bridgehead atoms. The molecular weight excluding hydrogens is 160 g/mol. The molecule has 1 aromatic carbocycles. The van der Waals surface area contributed by atoms with E-state index in [0.717, 1.165) is 0 Å². The van der Waals surface area contributed by atoms with E-state index in [1.165, 1.54) is 0 Å². The SMILES string of the molecule is CC.CCC(=N)N.c1ccccc1. The lowest BCUT2D eigenvalue weighted by Crippen LogP contribution is -2.05. The number of nitrogens with two attached hydrogens (primary N) is 1. The van der Waals surface area contributed by atoms with Crippen molar-refractivity contribution < 1.29 is 0 Å². The predicted octanol–water partition coefficient (Wildman–Crippen LogP) is 3.05. The van der Waals surface area contributed by atoms with Crippen LogP contribution in [0.4, 0.5) is 0 Å².